The van der Waals surface area contributed by atoms with Crippen LogP contribution in [0.2, 0.25) is 0 Å². The summed E-state index contributed by atoms with van der Waals surface area (Å²) in [5.74, 6) is 0.292. The Labute approximate surface area is 200 Å². The molecule has 8 heteroatoms. The second-order valence-corrected chi connectivity index (χ2v) is 7.99. The Hall–Kier alpha value is -3.81. The highest BCUT2D eigenvalue weighted by Gasteiger charge is 2.18. The Kier molecular flexibility index (Phi) is 10.6. The number of ether oxygens (including phenoxy) is 3. The average Bonchev–Trinajstić information content (AvgIpc) is 2.80. The Morgan fingerprint density at radius 1 is 1.00 bits per heavy atom. The fourth-order valence-corrected chi connectivity index (χ4v) is 3.10. The van der Waals surface area contributed by atoms with Crippen molar-refractivity contribution in [2.45, 2.75) is 46.1 Å². The maximum atomic E-state index is 12.6. The van der Waals surface area contributed by atoms with Gasteiger partial charge in [0.1, 0.15) is 11.3 Å². The third kappa shape index (κ3) is 8.97. The lowest BCUT2D eigenvalue weighted by molar-refractivity contribution is -0.121. The fourth-order valence-electron chi connectivity index (χ4n) is 3.10. The van der Waals surface area contributed by atoms with Gasteiger partial charge in [-0.1, -0.05) is 44.2 Å². The first-order chi connectivity index (χ1) is 16.3. The zero-order valence-corrected chi connectivity index (χ0v) is 19.8. The minimum Gasteiger partial charge on any atom is -0.493 e. The van der Waals surface area contributed by atoms with Crippen LogP contribution in [-0.4, -0.2) is 25.1 Å². The molecule has 34 heavy (non-hydrogen) atoms. The molecule has 0 radical (unpaired) electrons. The smallest absolute Gasteiger partial charge is 0.409 e. The molecule has 0 unspecified atom stereocenters. The van der Waals surface area contributed by atoms with Crippen LogP contribution >= 0.6 is 0 Å². The molecule has 0 atom stereocenters. The Bertz CT molecular complexity index is 1020. The van der Waals surface area contributed by atoms with Gasteiger partial charge in [-0.15, -0.1) is 0 Å². The van der Waals surface area contributed by atoms with Crippen LogP contribution in [0.25, 0.3) is 0 Å². The Morgan fingerprint density at radius 2 is 1.76 bits per heavy atom. The number of nitrogens with two attached hydrogens (primary N) is 1. The molecule has 182 valence electrons. The molecule has 0 saturated carbocycles. The van der Waals surface area contributed by atoms with E-state index in [-0.39, 0.29) is 23.0 Å². The number of hydrogen-bond donors (Lipinski definition) is 2. The molecule has 0 aromatic heterocycles. The van der Waals surface area contributed by atoms with Gasteiger partial charge in [0.2, 0.25) is 5.91 Å². The van der Waals surface area contributed by atoms with Crippen LogP contribution in [0.4, 0.5) is 4.79 Å². The first-order valence-electron chi connectivity index (χ1n) is 11.2. The van der Waals surface area contributed by atoms with Crippen LogP contribution < -0.4 is 25.3 Å². The lowest BCUT2D eigenvalue weighted by atomic mass is 10.1. The minimum absolute atomic E-state index is 0.00533. The topological polar surface area (TPSA) is 117 Å². The summed E-state index contributed by atoms with van der Waals surface area (Å²) in [6.45, 7) is 4.60. The average molecular weight is 469 g/mol. The molecule has 0 saturated heterocycles. The van der Waals surface area contributed by atoms with Crippen LogP contribution in [0.5, 0.6) is 17.2 Å². The molecule has 8 nitrogen and oxygen atoms in total. The van der Waals surface area contributed by atoms with E-state index in [9.17, 15) is 14.4 Å². The number of nitrogens with one attached hydrogen (secondary N) is 1. The zero-order chi connectivity index (χ0) is 24.9. The van der Waals surface area contributed by atoms with Crippen LogP contribution in [-0.2, 0) is 11.3 Å². The van der Waals surface area contributed by atoms with Gasteiger partial charge in [0, 0.05) is 13.0 Å². The molecule has 0 spiro atoms. The van der Waals surface area contributed by atoms with Gasteiger partial charge in [-0.05, 0) is 55.0 Å². The highest BCUT2D eigenvalue weighted by atomic mass is 16.6. The number of allylic oxidation sites excluding steroid dienone is 2. The molecule has 3 N–H and O–H groups in total. The van der Waals surface area contributed by atoms with Gasteiger partial charge in [0.05, 0.1) is 7.11 Å². The van der Waals surface area contributed by atoms with Gasteiger partial charge >= 0.3 is 12.1 Å². The minimum atomic E-state index is -1.04. The number of methoxy groups -OCH3 is 1. The summed E-state index contributed by atoms with van der Waals surface area (Å²) in [7, 11) is 1.45. The van der Waals surface area contributed by atoms with Crippen molar-refractivity contribution in [2.24, 2.45) is 11.7 Å². The number of hydrogen-bond acceptors (Lipinski definition) is 6. The predicted molar refractivity (Wildman–Crippen MR) is 129 cm³/mol. The third-order valence-corrected chi connectivity index (χ3v) is 4.78. The van der Waals surface area contributed by atoms with Crippen molar-refractivity contribution >= 4 is 18.0 Å². The summed E-state index contributed by atoms with van der Waals surface area (Å²) in [5, 5.41) is 2.89. The van der Waals surface area contributed by atoms with Crippen molar-refractivity contribution in [3.63, 3.8) is 0 Å². The number of benzene rings is 2. The number of para-hydroxylation sites is 1. The fraction of sp³-hybridized carbons (Fsp3) is 0.346. The molecule has 2 aromatic rings. The van der Waals surface area contributed by atoms with Crippen molar-refractivity contribution in [2.75, 3.05) is 7.11 Å². The monoisotopic (exact) mass is 468 g/mol. The second kappa shape index (κ2) is 13.7. The Morgan fingerprint density at radius 3 is 2.47 bits per heavy atom. The Balaban J connectivity index is 1.91. The quantitative estimate of drug-likeness (QED) is 0.201. The van der Waals surface area contributed by atoms with Gasteiger partial charge in [0.15, 0.2) is 11.5 Å². The molecule has 2 amide bonds. The van der Waals surface area contributed by atoms with E-state index in [1.807, 2.05) is 0 Å². The van der Waals surface area contributed by atoms with E-state index in [1.165, 1.54) is 19.2 Å². The van der Waals surface area contributed by atoms with E-state index in [1.54, 1.807) is 30.3 Å². The summed E-state index contributed by atoms with van der Waals surface area (Å²) in [6, 6.07) is 11.1. The highest BCUT2D eigenvalue weighted by molar-refractivity contribution is 5.95. The van der Waals surface area contributed by atoms with Crippen molar-refractivity contribution in [3.8, 4) is 17.2 Å². The van der Waals surface area contributed by atoms with Gasteiger partial charge in [-0.2, -0.15) is 0 Å². The van der Waals surface area contributed by atoms with E-state index < -0.39 is 12.1 Å². The number of esters is 1. The summed E-state index contributed by atoms with van der Waals surface area (Å²) >= 11 is 0. The molecule has 0 aliphatic rings. The number of primary amides is 1. The van der Waals surface area contributed by atoms with Crippen LogP contribution in [0.15, 0.2) is 54.6 Å². The largest absolute Gasteiger partial charge is 0.493 e. The van der Waals surface area contributed by atoms with Gasteiger partial charge in [-0.3, -0.25) is 4.79 Å². The summed E-state index contributed by atoms with van der Waals surface area (Å²) in [6.07, 6.45) is 6.53. The lowest BCUT2D eigenvalue weighted by Crippen LogP contribution is -2.22. The van der Waals surface area contributed by atoms with Crippen LogP contribution in [0.3, 0.4) is 0 Å². The van der Waals surface area contributed by atoms with Crippen LogP contribution in [0, 0.1) is 5.92 Å². The SMILES string of the molecule is COc1cc(CNC(=O)CCCCC=CC(C)C)ccc1OC(=O)c1ccccc1OC(N)=O. The molecule has 0 aliphatic carbocycles. The first-order valence-corrected chi connectivity index (χ1v) is 11.2. The predicted octanol–water partition coefficient (Wildman–Crippen LogP) is 4.76. The maximum Gasteiger partial charge on any atom is 0.409 e. The molecule has 2 rings (SSSR count). The maximum absolute atomic E-state index is 12.6. The van der Waals surface area contributed by atoms with E-state index in [0.29, 0.717) is 24.6 Å². The molecule has 0 heterocycles. The normalized spacial score (nSPS) is 10.8. The van der Waals surface area contributed by atoms with Gasteiger partial charge < -0.3 is 25.3 Å². The highest BCUT2D eigenvalue weighted by Crippen LogP contribution is 2.30. The third-order valence-electron chi connectivity index (χ3n) is 4.78. The van der Waals surface area contributed by atoms with Gasteiger partial charge in [0.25, 0.3) is 0 Å². The molecular weight excluding hydrogens is 436 g/mol. The van der Waals surface area contributed by atoms with E-state index in [2.05, 4.69) is 31.3 Å². The number of rotatable bonds is 12. The summed E-state index contributed by atoms with van der Waals surface area (Å²) < 4.78 is 15.6. The molecule has 2 aromatic carbocycles. The first kappa shape index (κ1) is 26.4. The van der Waals surface area contributed by atoms with E-state index in [4.69, 9.17) is 19.9 Å². The van der Waals surface area contributed by atoms with Crippen LogP contribution in [0.1, 0.15) is 55.5 Å². The molecule has 0 fully saturated rings. The van der Waals surface area contributed by atoms with Crippen molar-refractivity contribution in [1.29, 1.82) is 0 Å². The molecular formula is C26H32N2O6. The van der Waals surface area contributed by atoms with E-state index >= 15 is 0 Å². The summed E-state index contributed by atoms with van der Waals surface area (Å²) in [4.78, 5) is 35.8. The number of unbranched alkanes of at least 4 members (excludes halogenated alkanes) is 2. The number of amides is 2. The number of carbonyl (C=O) groups is 3. The van der Waals surface area contributed by atoms with Gasteiger partial charge in [-0.25, -0.2) is 9.59 Å². The lowest BCUT2D eigenvalue weighted by Gasteiger charge is -2.13. The summed E-state index contributed by atoms with van der Waals surface area (Å²) in [5.41, 5.74) is 5.88. The second-order valence-electron chi connectivity index (χ2n) is 7.99. The molecule has 0 aliphatic heterocycles. The van der Waals surface area contributed by atoms with Crippen molar-refractivity contribution in [3.05, 3.63) is 65.7 Å². The molecule has 0 bridgehead atoms. The number of carbonyl (C=O) groups excluding carboxylic acids is 3. The van der Waals surface area contributed by atoms with Crippen molar-refractivity contribution in [1.82, 2.24) is 5.32 Å². The zero-order valence-electron chi connectivity index (χ0n) is 19.8. The van der Waals surface area contributed by atoms with E-state index in [0.717, 1.165) is 24.8 Å². The standard InChI is InChI=1S/C26H32N2O6/c1-18(2)10-6-4-5-7-13-24(29)28-17-19-14-15-22(23(16-19)32-3)33-25(30)20-11-8-9-12-21(20)34-26(27)31/h6,8-12,14-16,18H,4-5,7,13,17H2,1-3H3,(H2,27,31)(H,28,29). The van der Waals surface area contributed by atoms with Crippen molar-refractivity contribution < 1.29 is 28.6 Å².